The van der Waals surface area contributed by atoms with E-state index in [0.29, 0.717) is 26.1 Å². The second-order valence-electron chi connectivity index (χ2n) is 12.3. The lowest BCUT2D eigenvalue weighted by molar-refractivity contribution is -0.127. The van der Waals surface area contributed by atoms with Crippen LogP contribution in [0.3, 0.4) is 0 Å². The first-order chi connectivity index (χ1) is 15.1. The van der Waals surface area contributed by atoms with E-state index in [0.717, 1.165) is 32.1 Å². The maximum absolute atomic E-state index is 12.5. The molecule has 0 spiro atoms. The molecule has 0 heterocycles. The van der Waals surface area contributed by atoms with Crippen LogP contribution in [0.15, 0.2) is 0 Å². The normalized spacial score (nSPS) is 15.2. The molecule has 0 saturated heterocycles. The van der Waals surface area contributed by atoms with Crippen molar-refractivity contribution in [1.82, 2.24) is 10.6 Å². The monoisotopic (exact) mass is 470 g/mol. The largest absolute Gasteiger partial charge is 0.377 e. The van der Waals surface area contributed by atoms with Crippen molar-refractivity contribution in [3.05, 3.63) is 0 Å². The highest BCUT2D eigenvalue weighted by atomic mass is 16.5. The zero-order chi connectivity index (χ0) is 25.7. The first-order valence-electron chi connectivity index (χ1n) is 12.8. The minimum absolute atomic E-state index is 0.0266. The quantitative estimate of drug-likeness (QED) is 0.276. The summed E-state index contributed by atoms with van der Waals surface area (Å²) < 4.78 is 11.0. The Kier molecular flexibility index (Phi) is 14.5. The van der Waals surface area contributed by atoms with Gasteiger partial charge in [-0.1, -0.05) is 54.9 Å². The lowest BCUT2D eigenvalue weighted by atomic mass is 9.65. The van der Waals surface area contributed by atoms with Gasteiger partial charge in [0.25, 0.3) is 0 Å². The van der Waals surface area contributed by atoms with Crippen molar-refractivity contribution >= 4 is 11.8 Å². The van der Waals surface area contributed by atoms with Crippen LogP contribution in [-0.2, 0) is 19.1 Å². The van der Waals surface area contributed by atoms with Crippen LogP contribution in [0.25, 0.3) is 0 Å². The predicted octanol–water partition coefficient (Wildman–Crippen LogP) is 5.49. The summed E-state index contributed by atoms with van der Waals surface area (Å²) in [6.45, 7) is 23.5. The Morgan fingerprint density at radius 2 is 1.45 bits per heavy atom. The van der Waals surface area contributed by atoms with Gasteiger partial charge in [0.1, 0.15) is 6.61 Å². The number of carbonyl (C=O) groups excluding carboxylic acids is 2. The van der Waals surface area contributed by atoms with Gasteiger partial charge >= 0.3 is 0 Å². The predicted molar refractivity (Wildman–Crippen MR) is 137 cm³/mol. The van der Waals surface area contributed by atoms with Crippen LogP contribution in [-0.4, -0.2) is 50.3 Å². The van der Waals surface area contributed by atoms with Crippen LogP contribution in [0.4, 0.5) is 0 Å². The number of nitrogens with one attached hydrogen (secondary N) is 2. The molecule has 0 aromatic carbocycles. The van der Waals surface area contributed by atoms with E-state index < -0.39 is 0 Å². The van der Waals surface area contributed by atoms with Crippen molar-refractivity contribution in [3.8, 4) is 0 Å². The molecule has 0 radical (unpaired) electrons. The van der Waals surface area contributed by atoms with Gasteiger partial charge in [-0.15, -0.1) is 0 Å². The smallest absolute Gasteiger partial charge is 0.246 e. The van der Waals surface area contributed by atoms with Crippen molar-refractivity contribution in [2.45, 2.75) is 120 Å². The average molecular weight is 471 g/mol. The Bertz CT molecular complexity index is 569. The minimum Gasteiger partial charge on any atom is -0.377 e. The van der Waals surface area contributed by atoms with Gasteiger partial charge in [-0.25, -0.2) is 0 Å². The van der Waals surface area contributed by atoms with Crippen LogP contribution in [0.1, 0.15) is 108 Å². The number of rotatable bonds is 17. The molecule has 2 unspecified atom stereocenters. The second-order valence-corrected chi connectivity index (χ2v) is 12.3. The number of hydrogen-bond acceptors (Lipinski definition) is 4. The van der Waals surface area contributed by atoms with Gasteiger partial charge in [0, 0.05) is 19.5 Å². The van der Waals surface area contributed by atoms with Crippen molar-refractivity contribution in [2.24, 2.45) is 16.2 Å². The van der Waals surface area contributed by atoms with E-state index >= 15 is 0 Å². The molecule has 0 rings (SSSR count). The Hall–Kier alpha value is -1.14. The van der Waals surface area contributed by atoms with Crippen molar-refractivity contribution in [2.75, 3.05) is 26.3 Å². The topological polar surface area (TPSA) is 76.7 Å². The van der Waals surface area contributed by atoms with E-state index in [-0.39, 0.29) is 46.9 Å². The molecule has 6 nitrogen and oxygen atoms in total. The van der Waals surface area contributed by atoms with Gasteiger partial charge < -0.3 is 20.1 Å². The molecule has 0 aliphatic heterocycles. The third-order valence-electron chi connectivity index (χ3n) is 5.84. The molecule has 2 N–H and O–H groups in total. The standard InChI is InChI=1S/C27H54N2O4/c1-11-27(10,19-25(5,6)7)20-26(8,9)17-23(30)28-14-12-13-22(4)32-16-15-29-24(31)18-33-21(2)3/h21-22H,11-20H2,1-10H3,(H,28,30)(H,29,31). The molecule has 2 amide bonds. The summed E-state index contributed by atoms with van der Waals surface area (Å²) in [4.78, 5) is 24.1. The highest BCUT2D eigenvalue weighted by Crippen LogP contribution is 2.45. The summed E-state index contributed by atoms with van der Waals surface area (Å²) in [5.41, 5.74) is 0.506. The van der Waals surface area contributed by atoms with Crippen molar-refractivity contribution < 1.29 is 19.1 Å². The molecule has 196 valence electrons. The fraction of sp³-hybridized carbons (Fsp3) is 0.926. The first-order valence-corrected chi connectivity index (χ1v) is 12.8. The van der Waals surface area contributed by atoms with E-state index in [1.807, 2.05) is 20.8 Å². The summed E-state index contributed by atoms with van der Waals surface area (Å²) in [7, 11) is 0. The van der Waals surface area contributed by atoms with Gasteiger partial charge in [-0.05, 0) is 62.7 Å². The number of carbonyl (C=O) groups is 2. The maximum Gasteiger partial charge on any atom is 0.246 e. The van der Waals surface area contributed by atoms with Crippen molar-refractivity contribution in [3.63, 3.8) is 0 Å². The Morgan fingerprint density at radius 1 is 0.848 bits per heavy atom. The summed E-state index contributed by atoms with van der Waals surface area (Å²) in [5.74, 6) is 0.0114. The van der Waals surface area contributed by atoms with E-state index in [1.165, 1.54) is 0 Å². The van der Waals surface area contributed by atoms with E-state index in [4.69, 9.17) is 9.47 Å². The summed E-state index contributed by atoms with van der Waals surface area (Å²) in [5, 5.41) is 5.87. The third kappa shape index (κ3) is 17.9. The number of amides is 2. The van der Waals surface area contributed by atoms with Crippen LogP contribution in [0.5, 0.6) is 0 Å². The molecule has 0 bridgehead atoms. The molecular formula is C27H54N2O4. The third-order valence-corrected chi connectivity index (χ3v) is 5.84. The van der Waals surface area contributed by atoms with Crippen LogP contribution < -0.4 is 10.6 Å². The molecule has 0 aliphatic carbocycles. The fourth-order valence-corrected chi connectivity index (χ4v) is 4.75. The number of ether oxygens (including phenoxy) is 2. The van der Waals surface area contributed by atoms with Gasteiger partial charge in [-0.3, -0.25) is 9.59 Å². The highest BCUT2D eigenvalue weighted by molar-refractivity contribution is 5.77. The van der Waals surface area contributed by atoms with Gasteiger partial charge in [-0.2, -0.15) is 0 Å². The molecule has 6 heteroatoms. The molecule has 0 aromatic heterocycles. The Labute approximate surface area is 204 Å². The summed E-state index contributed by atoms with van der Waals surface area (Å²) >= 11 is 0. The Morgan fingerprint density at radius 3 is 2.00 bits per heavy atom. The average Bonchev–Trinajstić information content (AvgIpc) is 2.64. The van der Waals surface area contributed by atoms with Crippen molar-refractivity contribution in [1.29, 1.82) is 0 Å². The zero-order valence-electron chi connectivity index (χ0n) is 23.4. The van der Waals surface area contributed by atoms with E-state index in [9.17, 15) is 9.59 Å². The molecule has 33 heavy (non-hydrogen) atoms. The molecule has 2 atom stereocenters. The SMILES string of the molecule is CCC(C)(CC(C)(C)C)CC(C)(C)CC(=O)NCCCC(C)OCCNC(=O)COC(C)C. The summed E-state index contributed by atoms with van der Waals surface area (Å²) in [6.07, 6.45) is 5.77. The second kappa shape index (κ2) is 15.0. The summed E-state index contributed by atoms with van der Waals surface area (Å²) in [6, 6.07) is 0. The van der Waals surface area contributed by atoms with Gasteiger partial charge in [0.05, 0.1) is 18.8 Å². The minimum atomic E-state index is -0.122. The Balaban J connectivity index is 4.10. The van der Waals surface area contributed by atoms with E-state index in [1.54, 1.807) is 0 Å². The number of hydrogen-bond donors (Lipinski definition) is 2. The first kappa shape index (κ1) is 31.9. The van der Waals surface area contributed by atoms with E-state index in [2.05, 4.69) is 59.1 Å². The maximum atomic E-state index is 12.5. The van der Waals surface area contributed by atoms with Gasteiger partial charge in [0.2, 0.25) is 11.8 Å². The molecule has 0 aliphatic rings. The lowest BCUT2D eigenvalue weighted by Gasteiger charge is -2.40. The van der Waals surface area contributed by atoms with Gasteiger partial charge in [0.15, 0.2) is 0 Å². The van der Waals surface area contributed by atoms with Crippen LogP contribution >= 0.6 is 0 Å². The van der Waals surface area contributed by atoms with Crippen LogP contribution in [0, 0.1) is 16.2 Å². The fourth-order valence-electron chi connectivity index (χ4n) is 4.75. The molecule has 0 fully saturated rings. The molecule has 0 aromatic rings. The molecular weight excluding hydrogens is 416 g/mol. The lowest BCUT2D eigenvalue weighted by Crippen LogP contribution is -2.34. The highest BCUT2D eigenvalue weighted by Gasteiger charge is 2.35. The molecule has 0 saturated carbocycles. The zero-order valence-corrected chi connectivity index (χ0v) is 23.4. The van der Waals surface area contributed by atoms with Crippen LogP contribution in [0.2, 0.25) is 0 Å².